The predicted molar refractivity (Wildman–Crippen MR) is 83.7 cm³/mol. The molecule has 0 radical (unpaired) electrons. The molecule has 0 saturated heterocycles. The van der Waals surface area contributed by atoms with Gasteiger partial charge in [-0.3, -0.25) is 9.59 Å². The third kappa shape index (κ3) is 4.35. The molecule has 0 atom stereocenters. The number of hydrogen-bond donors (Lipinski definition) is 1. The van der Waals surface area contributed by atoms with Gasteiger partial charge in [0.15, 0.2) is 0 Å². The molecule has 2 aromatic rings. The van der Waals surface area contributed by atoms with Crippen molar-refractivity contribution in [1.29, 1.82) is 0 Å². The number of rotatable bonds is 7. The summed E-state index contributed by atoms with van der Waals surface area (Å²) in [5.74, 6) is -0.400. The van der Waals surface area contributed by atoms with Crippen molar-refractivity contribution in [3.63, 3.8) is 0 Å². The van der Waals surface area contributed by atoms with Crippen molar-refractivity contribution in [1.82, 2.24) is 4.90 Å². The molecular weight excluding hydrogens is 298 g/mol. The van der Waals surface area contributed by atoms with Crippen LogP contribution in [0.1, 0.15) is 21.7 Å². The van der Waals surface area contributed by atoms with Gasteiger partial charge in [0.25, 0.3) is 5.91 Å². The van der Waals surface area contributed by atoms with Gasteiger partial charge in [0.05, 0.1) is 18.4 Å². The normalized spacial score (nSPS) is 10.3. The summed E-state index contributed by atoms with van der Waals surface area (Å²) >= 11 is 0. The molecule has 0 aliphatic carbocycles. The minimum absolute atomic E-state index is 0.177. The Bertz CT molecular complexity index is 678. The first-order valence-corrected chi connectivity index (χ1v) is 7.21. The molecule has 2 rings (SSSR count). The number of carbonyl (C=O) groups excluding carboxylic acids is 1. The summed E-state index contributed by atoms with van der Waals surface area (Å²) in [7, 11) is 1.65. The highest BCUT2D eigenvalue weighted by atomic mass is 16.5. The maximum atomic E-state index is 12.5. The Morgan fingerprint density at radius 1 is 1.26 bits per heavy atom. The number of aliphatic carboxylic acids is 1. The van der Waals surface area contributed by atoms with E-state index in [1.54, 1.807) is 14.0 Å². The van der Waals surface area contributed by atoms with Crippen molar-refractivity contribution in [2.75, 3.05) is 20.2 Å². The van der Waals surface area contributed by atoms with Crippen LogP contribution in [-0.4, -0.2) is 42.1 Å². The van der Waals surface area contributed by atoms with Crippen LogP contribution in [0.5, 0.6) is 5.75 Å². The summed E-state index contributed by atoms with van der Waals surface area (Å²) in [6.07, 6.45) is 1.09. The van der Waals surface area contributed by atoms with Crippen molar-refractivity contribution in [2.45, 2.75) is 13.3 Å². The van der Waals surface area contributed by atoms with Crippen LogP contribution in [0.3, 0.4) is 0 Å². The van der Waals surface area contributed by atoms with Crippen LogP contribution in [-0.2, 0) is 11.2 Å². The van der Waals surface area contributed by atoms with E-state index in [-0.39, 0.29) is 18.1 Å². The first kappa shape index (κ1) is 16.6. The number of carboxylic acid groups (broad SMARTS) is 1. The van der Waals surface area contributed by atoms with Crippen molar-refractivity contribution in [2.24, 2.45) is 0 Å². The lowest BCUT2D eigenvalue weighted by Gasteiger charge is -2.18. The molecule has 1 aromatic heterocycles. The molecule has 1 amide bonds. The minimum atomic E-state index is -1.04. The number of furan rings is 1. The van der Waals surface area contributed by atoms with E-state index in [0.29, 0.717) is 24.3 Å². The zero-order valence-corrected chi connectivity index (χ0v) is 13.1. The van der Waals surface area contributed by atoms with Crippen LogP contribution in [0, 0.1) is 6.92 Å². The van der Waals surface area contributed by atoms with Crippen LogP contribution in [0.2, 0.25) is 0 Å². The maximum Gasteiger partial charge on any atom is 0.311 e. The Kier molecular flexibility index (Phi) is 5.41. The summed E-state index contributed by atoms with van der Waals surface area (Å²) in [5.41, 5.74) is 0.941. The summed E-state index contributed by atoms with van der Waals surface area (Å²) < 4.78 is 10.7. The Morgan fingerprint density at radius 3 is 2.61 bits per heavy atom. The molecule has 122 valence electrons. The van der Waals surface area contributed by atoms with E-state index in [0.717, 1.165) is 5.75 Å². The molecule has 0 spiro atoms. The average Bonchev–Trinajstić information content (AvgIpc) is 2.87. The zero-order valence-electron chi connectivity index (χ0n) is 13.1. The highest BCUT2D eigenvalue weighted by Crippen LogP contribution is 2.19. The number of benzene rings is 1. The molecule has 0 aliphatic heterocycles. The molecule has 23 heavy (non-hydrogen) atoms. The second kappa shape index (κ2) is 7.49. The molecule has 6 nitrogen and oxygen atoms in total. The van der Waals surface area contributed by atoms with Gasteiger partial charge in [-0.05, 0) is 19.1 Å². The van der Waals surface area contributed by atoms with Crippen LogP contribution < -0.4 is 4.74 Å². The Balaban J connectivity index is 1.97. The summed E-state index contributed by atoms with van der Waals surface area (Å²) in [6, 6.07) is 9.32. The Morgan fingerprint density at radius 2 is 1.96 bits per heavy atom. The number of carbonyl (C=O) groups is 2. The number of para-hydroxylation sites is 1. The molecule has 0 saturated carbocycles. The average molecular weight is 317 g/mol. The molecule has 1 N–H and O–H groups in total. The quantitative estimate of drug-likeness (QED) is 0.848. The lowest BCUT2D eigenvalue weighted by molar-refractivity contribution is -0.136. The van der Waals surface area contributed by atoms with Crippen molar-refractivity contribution in [3.8, 4) is 5.75 Å². The van der Waals surface area contributed by atoms with Crippen molar-refractivity contribution in [3.05, 3.63) is 53.5 Å². The Labute approximate surface area is 134 Å². The highest BCUT2D eigenvalue weighted by molar-refractivity contribution is 5.97. The molecule has 0 bridgehead atoms. The van der Waals surface area contributed by atoms with Crippen molar-refractivity contribution < 1.29 is 23.8 Å². The van der Waals surface area contributed by atoms with E-state index in [9.17, 15) is 9.59 Å². The number of hydrogen-bond acceptors (Lipinski definition) is 4. The lowest BCUT2D eigenvalue weighted by atomic mass is 10.1. The van der Waals surface area contributed by atoms with Gasteiger partial charge in [0, 0.05) is 12.6 Å². The summed E-state index contributed by atoms with van der Waals surface area (Å²) in [4.78, 5) is 24.8. The van der Waals surface area contributed by atoms with E-state index in [1.165, 1.54) is 11.2 Å². The zero-order chi connectivity index (χ0) is 16.8. The van der Waals surface area contributed by atoms with Gasteiger partial charge >= 0.3 is 5.97 Å². The second-order valence-electron chi connectivity index (χ2n) is 5.18. The SMILES string of the molecule is Cc1coc(CC(=O)O)c1C(=O)N(C)CCOc1ccccc1. The van der Waals surface area contributed by atoms with Gasteiger partial charge in [-0.15, -0.1) is 0 Å². The van der Waals surface area contributed by atoms with E-state index >= 15 is 0 Å². The van der Waals surface area contributed by atoms with Crippen LogP contribution >= 0.6 is 0 Å². The first-order chi connectivity index (χ1) is 11.0. The third-order valence-corrected chi connectivity index (χ3v) is 3.36. The first-order valence-electron chi connectivity index (χ1n) is 7.21. The molecule has 6 heteroatoms. The number of ether oxygens (including phenoxy) is 1. The van der Waals surface area contributed by atoms with E-state index < -0.39 is 5.97 Å². The number of carboxylic acids is 1. The second-order valence-corrected chi connectivity index (χ2v) is 5.18. The van der Waals surface area contributed by atoms with Gasteiger partial charge in [0.1, 0.15) is 24.5 Å². The molecular formula is C17H19NO5. The van der Waals surface area contributed by atoms with E-state index in [2.05, 4.69) is 0 Å². The van der Waals surface area contributed by atoms with Crippen LogP contribution in [0.4, 0.5) is 0 Å². The summed E-state index contributed by atoms with van der Waals surface area (Å²) in [6.45, 7) is 2.44. The standard InChI is InChI=1S/C17H19NO5/c1-12-11-23-14(10-15(19)20)16(12)17(21)18(2)8-9-22-13-6-4-3-5-7-13/h3-7,11H,8-10H2,1-2H3,(H,19,20). The maximum absolute atomic E-state index is 12.5. The van der Waals surface area contributed by atoms with Crippen molar-refractivity contribution >= 4 is 11.9 Å². The largest absolute Gasteiger partial charge is 0.492 e. The van der Waals surface area contributed by atoms with Gasteiger partial charge in [-0.25, -0.2) is 0 Å². The van der Waals surface area contributed by atoms with E-state index in [4.69, 9.17) is 14.3 Å². The van der Waals surface area contributed by atoms with Crippen LogP contribution in [0.15, 0.2) is 41.0 Å². The van der Waals surface area contributed by atoms with Gasteiger partial charge < -0.3 is 19.2 Å². The monoisotopic (exact) mass is 317 g/mol. The van der Waals surface area contributed by atoms with Gasteiger partial charge in [0.2, 0.25) is 0 Å². The molecule has 0 aliphatic rings. The summed E-state index contributed by atoms with van der Waals surface area (Å²) in [5, 5.41) is 8.88. The van der Waals surface area contributed by atoms with Gasteiger partial charge in [-0.2, -0.15) is 0 Å². The fourth-order valence-electron chi connectivity index (χ4n) is 2.16. The lowest BCUT2D eigenvalue weighted by Crippen LogP contribution is -2.31. The molecule has 1 heterocycles. The van der Waals surface area contributed by atoms with Crippen LogP contribution in [0.25, 0.3) is 0 Å². The predicted octanol–water partition coefficient (Wildman–Crippen LogP) is 2.37. The number of nitrogens with zero attached hydrogens (tertiary/aromatic N) is 1. The smallest absolute Gasteiger partial charge is 0.311 e. The molecule has 0 unspecified atom stereocenters. The minimum Gasteiger partial charge on any atom is -0.492 e. The fourth-order valence-corrected chi connectivity index (χ4v) is 2.16. The fraction of sp³-hybridized carbons (Fsp3) is 0.294. The third-order valence-electron chi connectivity index (χ3n) is 3.36. The van der Waals surface area contributed by atoms with E-state index in [1.807, 2.05) is 30.3 Å². The number of amides is 1. The highest BCUT2D eigenvalue weighted by Gasteiger charge is 2.23. The molecule has 0 fully saturated rings. The number of likely N-dealkylation sites (N-methyl/N-ethyl adjacent to an activating group) is 1. The molecule has 1 aromatic carbocycles. The van der Waals surface area contributed by atoms with Gasteiger partial charge in [-0.1, -0.05) is 18.2 Å². The number of aryl methyl sites for hydroxylation is 1. The topological polar surface area (TPSA) is 80.0 Å². The Hall–Kier alpha value is -2.76.